The van der Waals surface area contributed by atoms with E-state index in [1.807, 2.05) is 0 Å². The minimum absolute atomic E-state index is 0.00128. The second-order valence-electron chi connectivity index (χ2n) is 13.3. The van der Waals surface area contributed by atoms with Gasteiger partial charge in [0, 0.05) is 42.3 Å². The highest BCUT2D eigenvalue weighted by molar-refractivity contribution is 5.70. The molecule has 2 aliphatic rings. The maximum absolute atomic E-state index is 12.3. The van der Waals surface area contributed by atoms with Crippen LogP contribution in [0.5, 0.6) is 0 Å². The molecule has 2 atom stereocenters. The average Bonchev–Trinajstić information content (AvgIpc) is 2.79. The smallest absolute Gasteiger partial charge is 0.306 e. The molecule has 6 nitrogen and oxygen atoms in total. The van der Waals surface area contributed by atoms with Crippen LogP contribution < -0.4 is 10.6 Å². The monoisotopic (exact) mass is 480 g/mol. The van der Waals surface area contributed by atoms with Crippen molar-refractivity contribution in [2.45, 2.75) is 167 Å². The second-order valence-corrected chi connectivity index (χ2v) is 13.3. The van der Waals surface area contributed by atoms with Crippen LogP contribution in [-0.2, 0) is 19.1 Å². The summed E-state index contributed by atoms with van der Waals surface area (Å²) in [6, 6.07) is 0. The van der Waals surface area contributed by atoms with Crippen molar-refractivity contribution >= 4 is 11.9 Å². The predicted molar refractivity (Wildman–Crippen MR) is 138 cm³/mol. The normalized spacial score (nSPS) is 27.1. The molecule has 2 N–H and O–H groups in total. The minimum Gasteiger partial charge on any atom is -0.462 e. The number of esters is 2. The van der Waals surface area contributed by atoms with Crippen LogP contribution in [0.25, 0.3) is 0 Å². The lowest BCUT2D eigenvalue weighted by Gasteiger charge is -2.34. The van der Waals surface area contributed by atoms with E-state index in [2.05, 4.69) is 66.0 Å². The van der Waals surface area contributed by atoms with Crippen LogP contribution in [0.3, 0.4) is 0 Å². The largest absolute Gasteiger partial charge is 0.462 e. The minimum atomic E-state index is -0.180. The third-order valence-corrected chi connectivity index (χ3v) is 7.25. The predicted octanol–water partition coefficient (Wildman–Crippen LogP) is 5.81. The van der Waals surface area contributed by atoms with Crippen LogP contribution in [-0.4, -0.2) is 46.3 Å². The summed E-state index contributed by atoms with van der Waals surface area (Å²) in [5.41, 5.74) is -0.137. The lowest BCUT2D eigenvalue weighted by molar-refractivity contribution is -0.152. The number of carbonyl (C=O) groups excluding carboxylic acids is 2. The fourth-order valence-corrected chi connectivity index (χ4v) is 5.94. The first kappa shape index (κ1) is 29.1. The van der Waals surface area contributed by atoms with Gasteiger partial charge in [-0.15, -0.1) is 0 Å². The van der Waals surface area contributed by atoms with Gasteiger partial charge in [0.1, 0.15) is 12.2 Å². The fraction of sp³-hybridized carbons (Fsp3) is 0.929. The molecule has 0 amide bonds. The van der Waals surface area contributed by atoms with Gasteiger partial charge in [-0.3, -0.25) is 9.59 Å². The van der Waals surface area contributed by atoms with Gasteiger partial charge in [0.2, 0.25) is 0 Å². The molecule has 2 aliphatic heterocycles. The van der Waals surface area contributed by atoms with Gasteiger partial charge in [0.15, 0.2) is 0 Å². The van der Waals surface area contributed by atoms with E-state index in [1.165, 1.54) is 0 Å². The van der Waals surface area contributed by atoms with Gasteiger partial charge in [-0.1, -0.05) is 25.7 Å². The summed E-state index contributed by atoms with van der Waals surface area (Å²) in [6.07, 6.45) is 10.5. The SMILES string of the molecule is CC1(C)CCC(OC(=O)CCCCCCCCC(=O)OC2CC(C)(C)NC2(C)C)CC(C)(C)N1. The summed E-state index contributed by atoms with van der Waals surface area (Å²) in [6.45, 7) is 17.3. The molecule has 2 saturated heterocycles. The van der Waals surface area contributed by atoms with Gasteiger partial charge in [-0.05, 0) is 81.1 Å². The Labute approximate surface area is 208 Å². The van der Waals surface area contributed by atoms with E-state index in [0.717, 1.165) is 64.2 Å². The highest BCUT2D eigenvalue weighted by Gasteiger charge is 2.46. The summed E-state index contributed by atoms with van der Waals surface area (Å²) in [4.78, 5) is 24.6. The van der Waals surface area contributed by atoms with Gasteiger partial charge >= 0.3 is 11.9 Å². The molecular weight excluding hydrogens is 428 g/mol. The van der Waals surface area contributed by atoms with Crippen molar-refractivity contribution in [3.8, 4) is 0 Å². The Hall–Kier alpha value is -1.14. The maximum atomic E-state index is 12.3. The molecule has 2 rings (SSSR count). The van der Waals surface area contributed by atoms with Gasteiger partial charge in [0.25, 0.3) is 0 Å². The van der Waals surface area contributed by atoms with Gasteiger partial charge in [0.05, 0.1) is 5.54 Å². The first-order valence-electron chi connectivity index (χ1n) is 13.6. The molecular formula is C28H52N2O4. The van der Waals surface area contributed by atoms with E-state index in [1.54, 1.807) is 0 Å². The Morgan fingerprint density at radius 1 is 0.676 bits per heavy atom. The molecule has 0 aromatic heterocycles. The molecule has 2 fully saturated rings. The molecule has 198 valence electrons. The Morgan fingerprint density at radius 2 is 1.18 bits per heavy atom. The van der Waals surface area contributed by atoms with Crippen LogP contribution in [0.15, 0.2) is 0 Å². The number of unbranched alkanes of at least 4 members (excludes halogenated alkanes) is 5. The first-order chi connectivity index (χ1) is 15.6. The van der Waals surface area contributed by atoms with Crippen LogP contribution in [0.1, 0.15) is 132 Å². The van der Waals surface area contributed by atoms with Crippen molar-refractivity contribution < 1.29 is 19.1 Å². The van der Waals surface area contributed by atoms with E-state index < -0.39 is 0 Å². The second kappa shape index (κ2) is 11.7. The van der Waals surface area contributed by atoms with Crippen molar-refractivity contribution in [1.82, 2.24) is 10.6 Å². The molecule has 0 radical (unpaired) electrons. The van der Waals surface area contributed by atoms with Gasteiger partial charge < -0.3 is 20.1 Å². The lowest BCUT2D eigenvalue weighted by Crippen LogP contribution is -2.50. The summed E-state index contributed by atoms with van der Waals surface area (Å²) < 4.78 is 11.6. The third kappa shape index (κ3) is 10.2. The van der Waals surface area contributed by atoms with Crippen molar-refractivity contribution in [2.75, 3.05) is 0 Å². The number of rotatable bonds is 11. The third-order valence-electron chi connectivity index (χ3n) is 7.25. The summed E-state index contributed by atoms with van der Waals surface area (Å²) in [7, 11) is 0. The molecule has 0 aromatic rings. The fourth-order valence-electron chi connectivity index (χ4n) is 5.94. The van der Waals surface area contributed by atoms with Crippen LogP contribution in [0.2, 0.25) is 0 Å². The molecule has 0 aliphatic carbocycles. The summed E-state index contributed by atoms with van der Waals surface area (Å²) in [5.74, 6) is -0.142. The number of carbonyl (C=O) groups is 2. The van der Waals surface area contributed by atoms with E-state index in [9.17, 15) is 9.59 Å². The van der Waals surface area contributed by atoms with Gasteiger partial charge in [-0.25, -0.2) is 0 Å². The van der Waals surface area contributed by atoms with Crippen LogP contribution in [0, 0.1) is 0 Å². The highest BCUT2D eigenvalue weighted by atomic mass is 16.5. The molecule has 0 saturated carbocycles. The molecule has 2 unspecified atom stereocenters. The number of ether oxygens (including phenoxy) is 2. The Kier molecular flexibility index (Phi) is 10.0. The molecule has 0 bridgehead atoms. The summed E-state index contributed by atoms with van der Waals surface area (Å²) in [5, 5.41) is 7.23. The van der Waals surface area contributed by atoms with Crippen molar-refractivity contribution in [3.63, 3.8) is 0 Å². The van der Waals surface area contributed by atoms with Crippen molar-refractivity contribution in [3.05, 3.63) is 0 Å². The molecule has 2 heterocycles. The van der Waals surface area contributed by atoms with Crippen LogP contribution in [0.4, 0.5) is 0 Å². The number of nitrogens with one attached hydrogen (secondary N) is 2. The molecule has 0 spiro atoms. The lowest BCUT2D eigenvalue weighted by atomic mass is 9.96. The topological polar surface area (TPSA) is 76.7 Å². The van der Waals surface area contributed by atoms with E-state index in [-0.39, 0.29) is 46.3 Å². The zero-order valence-electron chi connectivity index (χ0n) is 23.3. The zero-order chi connectivity index (χ0) is 25.6. The van der Waals surface area contributed by atoms with E-state index in [0.29, 0.717) is 12.8 Å². The van der Waals surface area contributed by atoms with E-state index in [4.69, 9.17) is 9.47 Å². The zero-order valence-corrected chi connectivity index (χ0v) is 23.3. The number of hydrogen-bond donors (Lipinski definition) is 2. The Bertz CT molecular complexity index is 684. The Balaban J connectivity index is 1.52. The first-order valence-corrected chi connectivity index (χ1v) is 13.6. The molecule has 34 heavy (non-hydrogen) atoms. The van der Waals surface area contributed by atoms with E-state index >= 15 is 0 Å². The standard InChI is InChI=1S/C28H52N2O4/c1-25(2)18-17-21(19-26(3,4)29-25)33-23(31)15-13-11-9-10-12-14-16-24(32)34-22-20-27(5,6)30-28(22,7)8/h21-22,29-30H,9-20H2,1-8H3. The summed E-state index contributed by atoms with van der Waals surface area (Å²) >= 11 is 0. The van der Waals surface area contributed by atoms with Crippen molar-refractivity contribution in [2.24, 2.45) is 0 Å². The number of hydrogen-bond acceptors (Lipinski definition) is 6. The van der Waals surface area contributed by atoms with Crippen LogP contribution >= 0.6 is 0 Å². The van der Waals surface area contributed by atoms with Crippen molar-refractivity contribution in [1.29, 1.82) is 0 Å². The highest BCUT2D eigenvalue weighted by Crippen LogP contribution is 2.33. The van der Waals surface area contributed by atoms with Gasteiger partial charge in [-0.2, -0.15) is 0 Å². The average molecular weight is 481 g/mol. The quantitative estimate of drug-likeness (QED) is 0.287. The maximum Gasteiger partial charge on any atom is 0.306 e. The molecule has 0 aromatic carbocycles. The Morgan fingerprint density at radius 3 is 1.71 bits per heavy atom. The molecule has 6 heteroatoms.